The van der Waals surface area contributed by atoms with E-state index >= 15 is 0 Å². The van der Waals surface area contributed by atoms with E-state index in [1.807, 2.05) is 36.0 Å². The van der Waals surface area contributed by atoms with Crippen LogP contribution in [0.3, 0.4) is 0 Å². The highest BCUT2D eigenvalue weighted by Crippen LogP contribution is 2.25. The number of nitrogens with two attached hydrogens (primary N) is 1. The molecule has 0 aliphatic rings. The van der Waals surface area contributed by atoms with Gasteiger partial charge in [-0.1, -0.05) is 18.2 Å². The van der Waals surface area contributed by atoms with E-state index in [4.69, 9.17) is 5.73 Å². The minimum atomic E-state index is 0.468. The van der Waals surface area contributed by atoms with E-state index in [-0.39, 0.29) is 0 Å². The Hall–Kier alpha value is -2.69. The molecule has 2 aromatic heterocycles. The second-order valence-electron chi connectivity index (χ2n) is 4.25. The summed E-state index contributed by atoms with van der Waals surface area (Å²) >= 11 is 0. The smallest absolute Gasteiger partial charge is 0.127 e. The van der Waals surface area contributed by atoms with Crippen molar-refractivity contribution in [3.05, 3.63) is 48.9 Å². The SMILES string of the molecule is Cn1nccc1-c1cccc(-c2cc(N)ncn2)c1. The molecular formula is C14H13N5. The molecule has 0 atom stereocenters. The topological polar surface area (TPSA) is 69.6 Å². The summed E-state index contributed by atoms with van der Waals surface area (Å²) < 4.78 is 1.84. The van der Waals surface area contributed by atoms with Crippen molar-refractivity contribution < 1.29 is 0 Å². The van der Waals surface area contributed by atoms with Crippen molar-refractivity contribution in [3.63, 3.8) is 0 Å². The maximum Gasteiger partial charge on any atom is 0.127 e. The lowest BCUT2D eigenvalue weighted by Crippen LogP contribution is -1.95. The highest BCUT2D eigenvalue weighted by atomic mass is 15.3. The van der Waals surface area contributed by atoms with Gasteiger partial charge in [-0.05, 0) is 12.1 Å². The maximum atomic E-state index is 5.69. The summed E-state index contributed by atoms with van der Waals surface area (Å²) in [5.41, 5.74) is 9.66. The first-order chi connectivity index (χ1) is 9.24. The summed E-state index contributed by atoms with van der Waals surface area (Å²) in [6.07, 6.45) is 3.26. The Morgan fingerprint density at radius 3 is 2.63 bits per heavy atom. The highest BCUT2D eigenvalue weighted by Gasteiger charge is 2.05. The summed E-state index contributed by atoms with van der Waals surface area (Å²) in [5, 5.41) is 4.18. The van der Waals surface area contributed by atoms with Gasteiger partial charge in [0.2, 0.25) is 0 Å². The summed E-state index contributed by atoms with van der Waals surface area (Å²) in [6, 6.07) is 11.9. The van der Waals surface area contributed by atoms with Gasteiger partial charge in [0.05, 0.1) is 11.4 Å². The molecule has 0 aliphatic heterocycles. The first-order valence-corrected chi connectivity index (χ1v) is 5.90. The molecule has 0 saturated carbocycles. The van der Waals surface area contributed by atoms with Crippen molar-refractivity contribution in [3.8, 4) is 22.5 Å². The lowest BCUT2D eigenvalue weighted by atomic mass is 10.1. The zero-order valence-corrected chi connectivity index (χ0v) is 10.5. The average molecular weight is 251 g/mol. The molecule has 0 saturated heterocycles. The summed E-state index contributed by atoms with van der Waals surface area (Å²) in [4.78, 5) is 8.15. The predicted molar refractivity (Wildman–Crippen MR) is 74.1 cm³/mol. The Kier molecular flexibility index (Phi) is 2.72. The fourth-order valence-electron chi connectivity index (χ4n) is 2.03. The van der Waals surface area contributed by atoms with Crippen LogP contribution in [-0.2, 0) is 7.05 Å². The second kappa shape index (κ2) is 4.53. The molecule has 0 aliphatic carbocycles. The molecule has 0 amide bonds. The van der Waals surface area contributed by atoms with Gasteiger partial charge in [0.25, 0.3) is 0 Å². The van der Waals surface area contributed by atoms with Crippen LogP contribution < -0.4 is 5.73 Å². The molecule has 2 N–H and O–H groups in total. The van der Waals surface area contributed by atoms with Gasteiger partial charge < -0.3 is 5.73 Å². The quantitative estimate of drug-likeness (QED) is 0.757. The Morgan fingerprint density at radius 1 is 1.05 bits per heavy atom. The number of anilines is 1. The summed E-state index contributed by atoms with van der Waals surface area (Å²) in [6.45, 7) is 0. The second-order valence-corrected chi connectivity index (χ2v) is 4.25. The third kappa shape index (κ3) is 2.18. The molecule has 0 fully saturated rings. The molecule has 94 valence electrons. The number of nitrogens with zero attached hydrogens (tertiary/aromatic N) is 4. The van der Waals surface area contributed by atoms with E-state index in [0.717, 1.165) is 22.5 Å². The molecule has 1 aromatic carbocycles. The molecule has 5 heteroatoms. The van der Waals surface area contributed by atoms with E-state index in [0.29, 0.717) is 5.82 Å². The molecule has 0 bridgehead atoms. The van der Waals surface area contributed by atoms with Gasteiger partial charge in [-0.2, -0.15) is 5.10 Å². The van der Waals surface area contributed by atoms with Crippen LogP contribution in [0.25, 0.3) is 22.5 Å². The molecular weight excluding hydrogens is 238 g/mol. The third-order valence-electron chi connectivity index (χ3n) is 2.96. The molecule has 19 heavy (non-hydrogen) atoms. The van der Waals surface area contributed by atoms with Gasteiger partial charge in [-0.15, -0.1) is 0 Å². The van der Waals surface area contributed by atoms with Crippen LogP contribution in [0.15, 0.2) is 48.9 Å². The first kappa shape index (κ1) is 11.4. The lowest BCUT2D eigenvalue weighted by molar-refractivity contribution is 0.776. The van der Waals surface area contributed by atoms with Gasteiger partial charge in [0, 0.05) is 30.4 Å². The molecule has 0 radical (unpaired) electrons. The standard InChI is InChI=1S/C14H13N5/c1-19-13(5-6-18-19)11-4-2-3-10(7-11)12-8-14(15)17-9-16-12/h2-9H,1H3,(H2,15,16,17). The number of benzene rings is 1. The Morgan fingerprint density at radius 2 is 1.89 bits per heavy atom. The summed E-state index contributed by atoms with van der Waals surface area (Å²) in [5.74, 6) is 0.468. The highest BCUT2D eigenvalue weighted by molar-refractivity contribution is 5.70. The average Bonchev–Trinajstić information content (AvgIpc) is 2.85. The largest absolute Gasteiger partial charge is 0.384 e. The molecule has 0 unspecified atom stereocenters. The van der Waals surface area contributed by atoms with E-state index in [1.54, 1.807) is 12.3 Å². The number of aryl methyl sites for hydroxylation is 1. The fourth-order valence-corrected chi connectivity index (χ4v) is 2.03. The normalized spacial score (nSPS) is 10.6. The monoisotopic (exact) mass is 251 g/mol. The Bertz CT molecular complexity index is 717. The van der Waals surface area contributed by atoms with Crippen molar-refractivity contribution in [1.82, 2.24) is 19.7 Å². The predicted octanol–water partition coefficient (Wildman–Crippen LogP) is 2.13. The number of rotatable bonds is 2. The number of aromatic nitrogens is 4. The number of hydrogen-bond donors (Lipinski definition) is 1. The molecule has 0 spiro atoms. The van der Waals surface area contributed by atoms with Gasteiger partial charge in [0.1, 0.15) is 12.1 Å². The van der Waals surface area contributed by atoms with Crippen molar-refractivity contribution in [2.45, 2.75) is 0 Å². The minimum absolute atomic E-state index is 0.468. The minimum Gasteiger partial charge on any atom is -0.384 e. The van der Waals surface area contributed by atoms with Crippen LogP contribution in [0.5, 0.6) is 0 Å². The van der Waals surface area contributed by atoms with Crippen molar-refractivity contribution in [2.75, 3.05) is 5.73 Å². The molecule has 3 rings (SSSR count). The molecule has 5 nitrogen and oxygen atoms in total. The Balaban J connectivity index is 2.08. The van der Waals surface area contributed by atoms with Crippen molar-refractivity contribution >= 4 is 5.82 Å². The zero-order valence-electron chi connectivity index (χ0n) is 10.5. The number of hydrogen-bond acceptors (Lipinski definition) is 4. The Labute approximate surface area is 110 Å². The molecule has 2 heterocycles. The van der Waals surface area contributed by atoms with E-state index in [1.165, 1.54) is 6.33 Å². The van der Waals surface area contributed by atoms with Crippen LogP contribution in [-0.4, -0.2) is 19.7 Å². The van der Waals surface area contributed by atoms with Crippen LogP contribution in [0.1, 0.15) is 0 Å². The van der Waals surface area contributed by atoms with Crippen LogP contribution >= 0.6 is 0 Å². The van der Waals surface area contributed by atoms with E-state index in [2.05, 4.69) is 21.1 Å². The van der Waals surface area contributed by atoms with E-state index < -0.39 is 0 Å². The van der Waals surface area contributed by atoms with Crippen LogP contribution in [0.2, 0.25) is 0 Å². The van der Waals surface area contributed by atoms with Crippen molar-refractivity contribution in [2.24, 2.45) is 7.05 Å². The molecule has 3 aromatic rings. The number of nitrogen functional groups attached to an aromatic ring is 1. The van der Waals surface area contributed by atoms with E-state index in [9.17, 15) is 0 Å². The first-order valence-electron chi connectivity index (χ1n) is 5.90. The fraction of sp³-hybridized carbons (Fsp3) is 0.0714. The van der Waals surface area contributed by atoms with Crippen LogP contribution in [0, 0.1) is 0 Å². The van der Waals surface area contributed by atoms with Gasteiger partial charge in [-0.25, -0.2) is 9.97 Å². The zero-order chi connectivity index (χ0) is 13.2. The van der Waals surface area contributed by atoms with Gasteiger partial charge in [-0.3, -0.25) is 4.68 Å². The van der Waals surface area contributed by atoms with Crippen LogP contribution in [0.4, 0.5) is 5.82 Å². The third-order valence-corrected chi connectivity index (χ3v) is 2.96. The van der Waals surface area contributed by atoms with Gasteiger partial charge >= 0.3 is 0 Å². The maximum absolute atomic E-state index is 5.69. The van der Waals surface area contributed by atoms with Gasteiger partial charge in [0.15, 0.2) is 0 Å². The van der Waals surface area contributed by atoms with Crippen molar-refractivity contribution in [1.29, 1.82) is 0 Å². The lowest BCUT2D eigenvalue weighted by Gasteiger charge is -2.06. The summed E-state index contributed by atoms with van der Waals surface area (Å²) in [7, 11) is 1.92.